The molecule has 0 atom stereocenters. The Morgan fingerprint density at radius 2 is 2.12 bits per heavy atom. The molecule has 80 valence electrons. The maximum Gasteiger partial charge on any atom is 0.0704 e. The number of hydrogen-bond donors (Lipinski definition) is 0. The highest BCUT2D eigenvalue weighted by atomic mass is 14.7. The first-order valence-electron chi connectivity index (χ1n) is 5.42. The van der Waals surface area contributed by atoms with Gasteiger partial charge in [0.25, 0.3) is 0 Å². The van der Waals surface area contributed by atoms with Crippen LogP contribution in [0.3, 0.4) is 0 Å². The first-order valence-corrected chi connectivity index (χ1v) is 5.42. The van der Waals surface area contributed by atoms with Crippen molar-refractivity contribution in [1.29, 1.82) is 0 Å². The lowest BCUT2D eigenvalue weighted by Gasteiger charge is -2.04. The normalized spacial score (nSPS) is 10.1. The number of nitrogens with zero attached hydrogens (tertiary/aromatic N) is 1. The Morgan fingerprint density at radius 3 is 2.88 bits per heavy atom. The molecule has 1 nitrogen and oxygen atoms in total. The Kier molecular flexibility index (Phi) is 3.16. The van der Waals surface area contributed by atoms with E-state index >= 15 is 0 Å². The van der Waals surface area contributed by atoms with Crippen molar-refractivity contribution in [1.82, 2.24) is 4.98 Å². The quantitative estimate of drug-likeness (QED) is 0.701. The van der Waals surface area contributed by atoms with Crippen LogP contribution in [0.4, 0.5) is 0 Å². The van der Waals surface area contributed by atoms with Gasteiger partial charge in [0.1, 0.15) is 0 Å². The summed E-state index contributed by atoms with van der Waals surface area (Å²) in [5.41, 5.74) is 4.71. The highest BCUT2D eigenvalue weighted by Crippen LogP contribution is 2.19. The summed E-state index contributed by atoms with van der Waals surface area (Å²) in [4.78, 5) is 4.39. The molecule has 2 aromatic rings. The highest BCUT2D eigenvalue weighted by molar-refractivity contribution is 5.60. The van der Waals surface area contributed by atoms with E-state index in [-0.39, 0.29) is 0 Å². The SMILES string of the molecule is C=CCc1cccc(-c2cc(C)ccn2)c1. The van der Waals surface area contributed by atoms with Crippen LogP contribution in [0.1, 0.15) is 11.1 Å². The molecule has 1 aromatic heterocycles. The van der Waals surface area contributed by atoms with Crippen LogP contribution < -0.4 is 0 Å². The van der Waals surface area contributed by atoms with E-state index in [9.17, 15) is 0 Å². The molecule has 0 spiro atoms. The molecule has 2 rings (SSSR count). The molecule has 0 saturated heterocycles. The molecule has 0 radical (unpaired) electrons. The minimum atomic E-state index is 0.902. The zero-order chi connectivity index (χ0) is 11.4. The number of hydrogen-bond acceptors (Lipinski definition) is 1. The number of pyridine rings is 1. The number of aromatic nitrogens is 1. The largest absolute Gasteiger partial charge is 0.256 e. The van der Waals surface area contributed by atoms with E-state index in [2.05, 4.69) is 48.8 Å². The summed E-state index contributed by atoms with van der Waals surface area (Å²) in [6.45, 7) is 5.84. The first-order chi connectivity index (χ1) is 7.79. The van der Waals surface area contributed by atoms with E-state index in [1.807, 2.05) is 18.3 Å². The van der Waals surface area contributed by atoms with Crippen LogP contribution in [0.5, 0.6) is 0 Å². The number of rotatable bonds is 3. The molecule has 0 aliphatic carbocycles. The van der Waals surface area contributed by atoms with Crippen molar-refractivity contribution in [3.63, 3.8) is 0 Å². The summed E-state index contributed by atoms with van der Waals surface area (Å²) >= 11 is 0. The van der Waals surface area contributed by atoms with Gasteiger partial charge in [0.05, 0.1) is 5.69 Å². The predicted octanol–water partition coefficient (Wildman–Crippen LogP) is 3.79. The molecule has 0 saturated carbocycles. The van der Waals surface area contributed by atoms with Crippen molar-refractivity contribution in [2.45, 2.75) is 13.3 Å². The average Bonchev–Trinajstić information content (AvgIpc) is 2.30. The van der Waals surface area contributed by atoms with Gasteiger partial charge in [-0.3, -0.25) is 4.98 Å². The molecule has 16 heavy (non-hydrogen) atoms. The molecule has 0 fully saturated rings. The number of benzene rings is 1. The molecular weight excluding hydrogens is 194 g/mol. The molecule has 0 bridgehead atoms. The van der Waals surface area contributed by atoms with Crippen LogP contribution >= 0.6 is 0 Å². The molecular formula is C15H15N. The molecule has 1 heteroatoms. The summed E-state index contributed by atoms with van der Waals surface area (Å²) in [5.74, 6) is 0. The van der Waals surface area contributed by atoms with Gasteiger partial charge in [-0.25, -0.2) is 0 Å². The van der Waals surface area contributed by atoms with Gasteiger partial charge in [-0.1, -0.05) is 24.3 Å². The van der Waals surface area contributed by atoms with Gasteiger partial charge in [0.15, 0.2) is 0 Å². The maximum absolute atomic E-state index is 4.39. The van der Waals surface area contributed by atoms with Crippen LogP contribution in [0.15, 0.2) is 55.3 Å². The van der Waals surface area contributed by atoms with Gasteiger partial charge >= 0.3 is 0 Å². The second kappa shape index (κ2) is 4.75. The van der Waals surface area contributed by atoms with E-state index in [4.69, 9.17) is 0 Å². The van der Waals surface area contributed by atoms with Gasteiger partial charge in [0, 0.05) is 11.8 Å². The van der Waals surface area contributed by atoms with E-state index in [0.717, 1.165) is 12.1 Å². The monoisotopic (exact) mass is 209 g/mol. The summed E-state index contributed by atoms with van der Waals surface area (Å²) in [6, 6.07) is 12.6. The fourth-order valence-corrected chi connectivity index (χ4v) is 1.72. The second-order valence-corrected chi connectivity index (χ2v) is 3.91. The third-order valence-corrected chi connectivity index (χ3v) is 2.52. The fourth-order valence-electron chi connectivity index (χ4n) is 1.72. The van der Waals surface area contributed by atoms with Crippen LogP contribution in [0.25, 0.3) is 11.3 Å². The maximum atomic E-state index is 4.39. The summed E-state index contributed by atoms with van der Waals surface area (Å²) < 4.78 is 0. The Bertz CT molecular complexity index is 500. The smallest absolute Gasteiger partial charge is 0.0704 e. The minimum absolute atomic E-state index is 0.902. The Hall–Kier alpha value is -1.89. The number of aryl methyl sites for hydroxylation is 1. The lowest BCUT2D eigenvalue weighted by atomic mass is 10.0. The van der Waals surface area contributed by atoms with Crippen molar-refractivity contribution in [2.75, 3.05) is 0 Å². The first kappa shape index (κ1) is 10.6. The van der Waals surface area contributed by atoms with E-state index in [0.29, 0.717) is 0 Å². The van der Waals surface area contributed by atoms with Crippen LogP contribution in [0.2, 0.25) is 0 Å². The third-order valence-electron chi connectivity index (χ3n) is 2.52. The lowest BCUT2D eigenvalue weighted by molar-refractivity contribution is 1.25. The van der Waals surface area contributed by atoms with E-state index in [1.165, 1.54) is 16.7 Å². The third kappa shape index (κ3) is 2.37. The number of allylic oxidation sites excluding steroid dienone is 1. The van der Waals surface area contributed by atoms with E-state index < -0.39 is 0 Å². The topological polar surface area (TPSA) is 12.9 Å². The Balaban J connectivity index is 2.40. The Morgan fingerprint density at radius 1 is 1.25 bits per heavy atom. The van der Waals surface area contributed by atoms with Crippen LogP contribution in [-0.2, 0) is 6.42 Å². The molecule has 1 aromatic carbocycles. The molecule has 0 N–H and O–H groups in total. The van der Waals surface area contributed by atoms with Gasteiger partial charge in [-0.2, -0.15) is 0 Å². The molecule has 0 unspecified atom stereocenters. The summed E-state index contributed by atoms with van der Waals surface area (Å²) in [7, 11) is 0. The van der Waals surface area contributed by atoms with Crippen molar-refractivity contribution in [3.8, 4) is 11.3 Å². The molecule has 0 amide bonds. The van der Waals surface area contributed by atoms with Gasteiger partial charge in [-0.15, -0.1) is 6.58 Å². The summed E-state index contributed by atoms with van der Waals surface area (Å²) in [5, 5.41) is 0. The summed E-state index contributed by atoms with van der Waals surface area (Å²) in [6.07, 6.45) is 4.67. The van der Waals surface area contributed by atoms with Crippen LogP contribution in [-0.4, -0.2) is 4.98 Å². The second-order valence-electron chi connectivity index (χ2n) is 3.91. The van der Waals surface area contributed by atoms with Gasteiger partial charge in [0.2, 0.25) is 0 Å². The lowest BCUT2D eigenvalue weighted by Crippen LogP contribution is -1.86. The van der Waals surface area contributed by atoms with Crippen molar-refractivity contribution in [3.05, 3.63) is 66.4 Å². The molecule has 1 heterocycles. The van der Waals surface area contributed by atoms with E-state index in [1.54, 1.807) is 0 Å². The Labute approximate surface area is 96.5 Å². The van der Waals surface area contributed by atoms with Gasteiger partial charge < -0.3 is 0 Å². The van der Waals surface area contributed by atoms with Crippen LogP contribution in [0, 0.1) is 6.92 Å². The van der Waals surface area contributed by atoms with Crippen molar-refractivity contribution < 1.29 is 0 Å². The zero-order valence-corrected chi connectivity index (χ0v) is 9.48. The van der Waals surface area contributed by atoms with Gasteiger partial charge in [-0.05, 0) is 42.7 Å². The molecule has 0 aliphatic heterocycles. The minimum Gasteiger partial charge on any atom is -0.256 e. The zero-order valence-electron chi connectivity index (χ0n) is 9.48. The van der Waals surface area contributed by atoms with Crippen molar-refractivity contribution in [2.24, 2.45) is 0 Å². The van der Waals surface area contributed by atoms with Crippen molar-refractivity contribution >= 4 is 0 Å². The standard InChI is InChI=1S/C15H15N/c1-3-5-13-6-4-7-14(11-13)15-10-12(2)8-9-16-15/h3-4,6-11H,1,5H2,2H3. The highest BCUT2D eigenvalue weighted by Gasteiger charge is 1.99. The molecule has 0 aliphatic rings. The predicted molar refractivity (Wildman–Crippen MR) is 68.3 cm³/mol. The average molecular weight is 209 g/mol. The fraction of sp³-hybridized carbons (Fsp3) is 0.133.